The quantitative estimate of drug-likeness (QED) is 0.670. The Bertz CT molecular complexity index is 380. The highest BCUT2D eigenvalue weighted by molar-refractivity contribution is 7.09. The van der Waals surface area contributed by atoms with E-state index in [1.54, 1.807) is 11.3 Å². The summed E-state index contributed by atoms with van der Waals surface area (Å²) in [7, 11) is 0. The van der Waals surface area contributed by atoms with Crippen LogP contribution >= 0.6 is 11.3 Å². The number of aliphatic hydroxyl groups is 1. The van der Waals surface area contributed by atoms with Crippen LogP contribution in [0.15, 0.2) is 5.38 Å². The molecule has 1 aromatic rings. The van der Waals surface area contributed by atoms with E-state index >= 15 is 0 Å². The molecule has 1 fully saturated rings. The molecule has 0 spiro atoms. The van der Waals surface area contributed by atoms with Crippen molar-refractivity contribution in [2.24, 2.45) is 0 Å². The van der Waals surface area contributed by atoms with E-state index in [0.717, 1.165) is 43.1 Å². The minimum Gasteiger partial charge on any atom is -0.389 e. The highest BCUT2D eigenvalue weighted by Crippen LogP contribution is 2.11. The number of nitrogens with one attached hydrogen (secondary N) is 1. The van der Waals surface area contributed by atoms with E-state index in [1.165, 1.54) is 0 Å². The fourth-order valence-corrected chi connectivity index (χ4v) is 2.83. The van der Waals surface area contributed by atoms with Crippen LogP contribution in [0.25, 0.3) is 0 Å². The first-order valence-corrected chi connectivity index (χ1v) is 8.11. The van der Waals surface area contributed by atoms with Gasteiger partial charge in [-0.2, -0.15) is 0 Å². The number of aromatic nitrogens is 1. The Labute approximate surface area is 124 Å². The fraction of sp³-hybridized carbons (Fsp3) is 0.786. The first-order chi connectivity index (χ1) is 9.74. The lowest BCUT2D eigenvalue weighted by Crippen LogP contribution is -2.32. The zero-order valence-electron chi connectivity index (χ0n) is 12.0. The van der Waals surface area contributed by atoms with Crippen molar-refractivity contribution < 1.29 is 14.6 Å². The molecule has 0 saturated carbocycles. The van der Waals surface area contributed by atoms with Crippen molar-refractivity contribution in [3.8, 4) is 0 Å². The van der Waals surface area contributed by atoms with E-state index in [-0.39, 0.29) is 6.10 Å². The minimum atomic E-state index is -0.464. The van der Waals surface area contributed by atoms with Gasteiger partial charge in [-0.1, -0.05) is 0 Å². The van der Waals surface area contributed by atoms with Crippen LogP contribution in [0, 0.1) is 6.92 Å². The summed E-state index contributed by atoms with van der Waals surface area (Å²) >= 11 is 1.67. The third kappa shape index (κ3) is 5.85. The van der Waals surface area contributed by atoms with Crippen LogP contribution in [-0.2, 0) is 15.9 Å². The fourth-order valence-electron chi connectivity index (χ4n) is 2.18. The van der Waals surface area contributed by atoms with Gasteiger partial charge in [-0.3, -0.25) is 0 Å². The molecule has 6 heteroatoms. The summed E-state index contributed by atoms with van der Waals surface area (Å²) in [6.45, 7) is 5.18. The molecule has 5 nitrogen and oxygen atoms in total. The molecule has 0 aromatic carbocycles. The Morgan fingerprint density at radius 3 is 3.25 bits per heavy atom. The third-order valence-corrected chi connectivity index (χ3v) is 4.06. The highest BCUT2D eigenvalue weighted by Gasteiger charge is 2.15. The van der Waals surface area contributed by atoms with Gasteiger partial charge < -0.3 is 19.9 Å². The van der Waals surface area contributed by atoms with Gasteiger partial charge in [-0.05, 0) is 19.8 Å². The molecule has 2 atom stereocenters. The molecule has 2 rings (SSSR count). The van der Waals surface area contributed by atoms with Crippen LogP contribution in [0.1, 0.15) is 23.5 Å². The third-order valence-electron chi connectivity index (χ3n) is 3.24. The van der Waals surface area contributed by atoms with Crippen LogP contribution in [0.5, 0.6) is 0 Å². The highest BCUT2D eigenvalue weighted by atomic mass is 32.1. The number of ether oxygens (including phenoxy) is 2. The van der Waals surface area contributed by atoms with Gasteiger partial charge in [0.05, 0.1) is 36.1 Å². The Hall–Kier alpha value is -0.530. The second-order valence-corrected chi connectivity index (χ2v) is 6.20. The Balaban J connectivity index is 1.46. The van der Waals surface area contributed by atoms with Crippen molar-refractivity contribution in [1.29, 1.82) is 0 Å². The standard InChI is InChI=1S/C14H24N2O3S/c1-11-16-12(10-20-11)4-5-15-7-13(17)8-18-9-14-3-2-6-19-14/h10,13-15,17H,2-9H2,1H3. The maximum Gasteiger partial charge on any atom is 0.0897 e. The monoisotopic (exact) mass is 300 g/mol. The topological polar surface area (TPSA) is 63.6 Å². The molecule has 2 heterocycles. The number of thiazole rings is 1. The number of nitrogens with zero attached hydrogens (tertiary/aromatic N) is 1. The van der Waals surface area contributed by atoms with E-state index < -0.39 is 6.10 Å². The predicted molar refractivity (Wildman–Crippen MR) is 79.2 cm³/mol. The summed E-state index contributed by atoms with van der Waals surface area (Å²) in [5, 5.41) is 16.2. The van der Waals surface area contributed by atoms with Crippen LogP contribution in [0.2, 0.25) is 0 Å². The number of aryl methyl sites for hydroxylation is 1. The summed E-state index contributed by atoms with van der Waals surface area (Å²) in [5.74, 6) is 0. The Kier molecular flexibility index (Phi) is 6.89. The SMILES string of the molecule is Cc1nc(CCNCC(O)COCC2CCCO2)cs1. The molecule has 2 N–H and O–H groups in total. The second kappa shape index (κ2) is 8.69. The first kappa shape index (κ1) is 15.9. The van der Waals surface area contributed by atoms with Crippen molar-refractivity contribution in [2.75, 3.05) is 32.9 Å². The van der Waals surface area contributed by atoms with E-state index in [0.29, 0.717) is 19.8 Å². The molecule has 1 aromatic heterocycles. The summed E-state index contributed by atoms with van der Waals surface area (Å²) in [6.07, 6.45) is 2.85. The zero-order chi connectivity index (χ0) is 14.2. The first-order valence-electron chi connectivity index (χ1n) is 7.23. The molecule has 1 saturated heterocycles. The van der Waals surface area contributed by atoms with Crippen molar-refractivity contribution in [1.82, 2.24) is 10.3 Å². The molecule has 114 valence electrons. The lowest BCUT2D eigenvalue weighted by molar-refractivity contribution is -0.0163. The Morgan fingerprint density at radius 2 is 2.55 bits per heavy atom. The van der Waals surface area contributed by atoms with Gasteiger partial charge in [0.1, 0.15) is 0 Å². The molecule has 0 aliphatic carbocycles. The lowest BCUT2D eigenvalue weighted by Gasteiger charge is -2.14. The zero-order valence-corrected chi connectivity index (χ0v) is 12.8. The maximum atomic E-state index is 9.78. The second-order valence-electron chi connectivity index (χ2n) is 5.14. The van der Waals surface area contributed by atoms with Gasteiger partial charge in [0.25, 0.3) is 0 Å². The van der Waals surface area contributed by atoms with Crippen LogP contribution < -0.4 is 5.32 Å². The molecule has 2 unspecified atom stereocenters. The molecule has 0 bridgehead atoms. The van der Waals surface area contributed by atoms with E-state index in [9.17, 15) is 5.11 Å². The van der Waals surface area contributed by atoms with Gasteiger partial charge in [-0.15, -0.1) is 11.3 Å². The summed E-state index contributed by atoms with van der Waals surface area (Å²) in [6, 6.07) is 0. The number of hydrogen-bond donors (Lipinski definition) is 2. The van der Waals surface area contributed by atoms with Crippen LogP contribution in [0.4, 0.5) is 0 Å². The normalized spacial score (nSPS) is 20.4. The molecule has 1 aliphatic heterocycles. The van der Waals surface area contributed by atoms with Gasteiger partial charge in [0.2, 0.25) is 0 Å². The van der Waals surface area contributed by atoms with Gasteiger partial charge in [-0.25, -0.2) is 4.98 Å². The van der Waals surface area contributed by atoms with Gasteiger partial charge >= 0.3 is 0 Å². The van der Waals surface area contributed by atoms with Crippen molar-refractivity contribution >= 4 is 11.3 Å². The number of aliphatic hydroxyl groups excluding tert-OH is 1. The van der Waals surface area contributed by atoms with Crippen LogP contribution in [0.3, 0.4) is 0 Å². The summed E-state index contributed by atoms with van der Waals surface area (Å²) < 4.78 is 10.9. The average molecular weight is 300 g/mol. The van der Waals surface area contributed by atoms with Crippen molar-refractivity contribution in [3.63, 3.8) is 0 Å². The molecular formula is C14H24N2O3S. The predicted octanol–water partition coefficient (Wildman–Crippen LogP) is 1.14. The molecular weight excluding hydrogens is 276 g/mol. The molecule has 20 heavy (non-hydrogen) atoms. The van der Waals surface area contributed by atoms with Crippen molar-refractivity contribution in [3.05, 3.63) is 16.1 Å². The molecule has 1 aliphatic rings. The summed E-state index contributed by atoms with van der Waals surface area (Å²) in [5.41, 5.74) is 1.11. The van der Waals surface area contributed by atoms with Crippen LogP contribution in [-0.4, -0.2) is 55.2 Å². The van der Waals surface area contributed by atoms with Crippen molar-refractivity contribution in [2.45, 2.75) is 38.4 Å². The molecule has 0 amide bonds. The minimum absolute atomic E-state index is 0.225. The van der Waals surface area contributed by atoms with Gasteiger partial charge in [0, 0.05) is 31.5 Å². The number of rotatable bonds is 9. The van der Waals surface area contributed by atoms with E-state index in [1.807, 2.05) is 6.92 Å². The largest absolute Gasteiger partial charge is 0.389 e. The summed E-state index contributed by atoms with van der Waals surface area (Å²) in [4.78, 5) is 4.40. The lowest BCUT2D eigenvalue weighted by atomic mass is 10.2. The van der Waals surface area contributed by atoms with Gasteiger partial charge in [0.15, 0.2) is 0 Å². The van der Waals surface area contributed by atoms with E-state index in [2.05, 4.69) is 15.7 Å². The van der Waals surface area contributed by atoms with E-state index in [4.69, 9.17) is 9.47 Å². The number of hydrogen-bond acceptors (Lipinski definition) is 6. The average Bonchev–Trinajstić information content (AvgIpc) is 3.06. The Morgan fingerprint density at radius 1 is 1.65 bits per heavy atom. The maximum absolute atomic E-state index is 9.78. The smallest absolute Gasteiger partial charge is 0.0897 e. The molecule has 0 radical (unpaired) electrons.